The quantitative estimate of drug-likeness (QED) is 0.841. The molecule has 0 aromatic carbocycles. The fraction of sp³-hybridized carbons (Fsp3) is 0.533. The number of nitrogens with one attached hydrogen (secondary N) is 1. The van der Waals surface area contributed by atoms with Crippen molar-refractivity contribution < 1.29 is 0 Å². The largest absolute Gasteiger partial charge is 0.305 e. The van der Waals surface area contributed by atoms with Crippen LogP contribution in [0, 0.1) is 0 Å². The van der Waals surface area contributed by atoms with Crippen LogP contribution in [0.1, 0.15) is 50.2 Å². The standard InChI is InChI=1S/C15H23N5/c1-4-7-18-15(12-9-16-11-17-10-12)14-8-13(5-2)19-20(14)6-3/h8-11,15,18H,4-7H2,1-3H3. The lowest BCUT2D eigenvalue weighted by atomic mass is 10.1. The lowest BCUT2D eigenvalue weighted by Crippen LogP contribution is -2.26. The summed E-state index contributed by atoms with van der Waals surface area (Å²) in [4.78, 5) is 8.28. The summed E-state index contributed by atoms with van der Waals surface area (Å²) < 4.78 is 2.07. The van der Waals surface area contributed by atoms with Gasteiger partial charge in [0.15, 0.2) is 0 Å². The van der Waals surface area contributed by atoms with Crippen LogP contribution in [0.4, 0.5) is 0 Å². The van der Waals surface area contributed by atoms with Crippen molar-refractivity contribution in [3.05, 3.63) is 41.7 Å². The molecule has 0 saturated carbocycles. The molecular formula is C15H23N5. The molecule has 1 atom stereocenters. The Morgan fingerprint density at radius 3 is 2.55 bits per heavy atom. The molecule has 0 saturated heterocycles. The van der Waals surface area contributed by atoms with Crippen LogP contribution >= 0.6 is 0 Å². The summed E-state index contributed by atoms with van der Waals surface area (Å²) in [6.45, 7) is 8.24. The van der Waals surface area contributed by atoms with Gasteiger partial charge in [0.1, 0.15) is 6.33 Å². The van der Waals surface area contributed by atoms with Gasteiger partial charge in [-0.2, -0.15) is 5.10 Å². The normalized spacial score (nSPS) is 12.6. The lowest BCUT2D eigenvalue weighted by Gasteiger charge is -2.19. The summed E-state index contributed by atoms with van der Waals surface area (Å²) in [5.41, 5.74) is 3.40. The second-order valence-electron chi connectivity index (χ2n) is 4.79. The second-order valence-corrected chi connectivity index (χ2v) is 4.79. The van der Waals surface area contributed by atoms with E-state index in [1.165, 1.54) is 5.69 Å². The summed E-state index contributed by atoms with van der Waals surface area (Å²) in [7, 11) is 0. The molecule has 0 aliphatic carbocycles. The SMILES string of the molecule is CCCNC(c1cncnc1)c1cc(CC)nn1CC. The maximum Gasteiger partial charge on any atom is 0.115 e. The Labute approximate surface area is 120 Å². The average Bonchev–Trinajstić information content (AvgIpc) is 2.92. The van der Waals surface area contributed by atoms with Gasteiger partial charge in [0, 0.05) is 24.5 Å². The van der Waals surface area contributed by atoms with Gasteiger partial charge in [0.05, 0.1) is 17.4 Å². The van der Waals surface area contributed by atoms with E-state index in [0.717, 1.165) is 37.2 Å². The van der Waals surface area contributed by atoms with Gasteiger partial charge in [0.2, 0.25) is 0 Å². The van der Waals surface area contributed by atoms with Crippen molar-refractivity contribution in [2.45, 2.75) is 46.2 Å². The van der Waals surface area contributed by atoms with Crippen molar-refractivity contribution >= 4 is 0 Å². The maximum atomic E-state index is 4.64. The molecule has 0 amide bonds. The lowest BCUT2D eigenvalue weighted by molar-refractivity contribution is 0.526. The Morgan fingerprint density at radius 1 is 1.20 bits per heavy atom. The van der Waals surface area contributed by atoms with E-state index >= 15 is 0 Å². The minimum atomic E-state index is 0.101. The minimum Gasteiger partial charge on any atom is -0.305 e. The van der Waals surface area contributed by atoms with Gasteiger partial charge < -0.3 is 5.32 Å². The van der Waals surface area contributed by atoms with Crippen LogP contribution in [-0.4, -0.2) is 26.3 Å². The van der Waals surface area contributed by atoms with E-state index in [1.54, 1.807) is 6.33 Å². The molecule has 5 heteroatoms. The second kappa shape index (κ2) is 7.14. The van der Waals surface area contributed by atoms with Crippen molar-refractivity contribution in [2.24, 2.45) is 0 Å². The molecule has 0 radical (unpaired) electrons. The molecule has 1 N–H and O–H groups in total. The van der Waals surface area contributed by atoms with Crippen molar-refractivity contribution in [3.8, 4) is 0 Å². The van der Waals surface area contributed by atoms with E-state index in [-0.39, 0.29) is 6.04 Å². The van der Waals surface area contributed by atoms with Crippen molar-refractivity contribution in [1.29, 1.82) is 0 Å². The van der Waals surface area contributed by atoms with Gasteiger partial charge in [-0.25, -0.2) is 9.97 Å². The number of nitrogens with zero attached hydrogens (tertiary/aromatic N) is 4. The highest BCUT2D eigenvalue weighted by atomic mass is 15.3. The zero-order chi connectivity index (χ0) is 14.4. The van der Waals surface area contributed by atoms with Crippen molar-refractivity contribution in [3.63, 3.8) is 0 Å². The Morgan fingerprint density at radius 2 is 1.95 bits per heavy atom. The number of aromatic nitrogens is 4. The van der Waals surface area contributed by atoms with Crippen LogP contribution < -0.4 is 5.32 Å². The summed E-state index contributed by atoms with van der Waals surface area (Å²) in [6.07, 6.45) is 7.35. The molecule has 0 fully saturated rings. The van der Waals surface area contributed by atoms with Crippen LogP contribution in [-0.2, 0) is 13.0 Å². The smallest absolute Gasteiger partial charge is 0.115 e. The number of aryl methyl sites for hydroxylation is 2. The summed E-state index contributed by atoms with van der Waals surface area (Å²) in [6, 6.07) is 2.29. The predicted molar refractivity (Wildman–Crippen MR) is 79.4 cm³/mol. The van der Waals surface area contributed by atoms with E-state index in [1.807, 2.05) is 12.4 Å². The third-order valence-electron chi connectivity index (χ3n) is 3.33. The Bertz CT molecular complexity index is 520. The number of hydrogen-bond donors (Lipinski definition) is 1. The van der Waals surface area contributed by atoms with E-state index in [2.05, 4.69) is 51.9 Å². The molecule has 108 valence electrons. The first kappa shape index (κ1) is 14.7. The van der Waals surface area contributed by atoms with Crippen LogP contribution in [0.15, 0.2) is 24.8 Å². The topological polar surface area (TPSA) is 55.6 Å². The van der Waals surface area contributed by atoms with Crippen molar-refractivity contribution in [1.82, 2.24) is 25.1 Å². The number of rotatable bonds is 7. The van der Waals surface area contributed by atoms with Gasteiger partial charge in [-0.1, -0.05) is 13.8 Å². The van der Waals surface area contributed by atoms with Gasteiger partial charge in [-0.05, 0) is 32.4 Å². The van der Waals surface area contributed by atoms with Crippen LogP contribution in [0.2, 0.25) is 0 Å². The van der Waals surface area contributed by atoms with Crippen LogP contribution in [0.3, 0.4) is 0 Å². The van der Waals surface area contributed by atoms with Gasteiger partial charge in [-0.15, -0.1) is 0 Å². The average molecular weight is 273 g/mol. The monoisotopic (exact) mass is 273 g/mol. The molecule has 2 heterocycles. The molecule has 2 aromatic heterocycles. The third kappa shape index (κ3) is 3.22. The molecule has 0 aliphatic rings. The predicted octanol–water partition coefficient (Wildman–Crippen LogP) is 2.34. The van der Waals surface area contributed by atoms with Crippen molar-refractivity contribution in [2.75, 3.05) is 6.54 Å². The number of hydrogen-bond acceptors (Lipinski definition) is 4. The highest BCUT2D eigenvalue weighted by Gasteiger charge is 2.19. The molecule has 0 spiro atoms. The fourth-order valence-corrected chi connectivity index (χ4v) is 2.29. The maximum absolute atomic E-state index is 4.64. The Balaban J connectivity index is 2.38. The fourth-order valence-electron chi connectivity index (χ4n) is 2.29. The molecule has 1 unspecified atom stereocenters. The molecule has 0 bridgehead atoms. The third-order valence-corrected chi connectivity index (χ3v) is 3.33. The van der Waals surface area contributed by atoms with E-state index in [9.17, 15) is 0 Å². The molecule has 2 rings (SSSR count). The molecule has 0 aliphatic heterocycles. The minimum absolute atomic E-state index is 0.101. The first-order valence-corrected chi connectivity index (χ1v) is 7.35. The van der Waals surface area contributed by atoms with E-state index in [0.29, 0.717) is 0 Å². The summed E-state index contributed by atoms with van der Waals surface area (Å²) in [5.74, 6) is 0. The zero-order valence-electron chi connectivity index (χ0n) is 12.5. The Kier molecular flexibility index (Phi) is 5.24. The van der Waals surface area contributed by atoms with Gasteiger partial charge in [-0.3, -0.25) is 4.68 Å². The van der Waals surface area contributed by atoms with Gasteiger partial charge >= 0.3 is 0 Å². The van der Waals surface area contributed by atoms with Crippen LogP contribution in [0.5, 0.6) is 0 Å². The van der Waals surface area contributed by atoms with Gasteiger partial charge in [0.25, 0.3) is 0 Å². The molecule has 20 heavy (non-hydrogen) atoms. The first-order valence-electron chi connectivity index (χ1n) is 7.35. The molecule has 2 aromatic rings. The van der Waals surface area contributed by atoms with E-state index in [4.69, 9.17) is 0 Å². The zero-order valence-corrected chi connectivity index (χ0v) is 12.5. The Hall–Kier alpha value is -1.75. The molecular weight excluding hydrogens is 250 g/mol. The highest BCUT2D eigenvalue weighted by Crippen LogP contribution is 2.22. The molecule has 5 nitrogen and oxygen atoms in total. The highest BCUT2D eigenvalue weighted by molar-refractivity contribution is 5.25. The van der Waals surface area contributed by atoms with E-state index < -0.39 is 0 Å². The first-order chi connectivity index (χ1) is 9.80. The summed E-state index contributed by atoms with van der Waals surface area (Å²) in [5, 5.41) is 8.21. The summed E-state index contributed by atoms with van der Waals surface area (Å²) >= 11 is 0. The van der Waals surface area contributed by atoms with Crippen LogP contribution in [0.25, 0.3) is 0 Å².